The Bertz CT molecular complexity index is 643. The minimum absolute atomic E-state index is 0.721. The van der Waals surface area contributed by atoms with Crippen LogP contribution >= 0.6 is 0 Å². The molecule has 0 atom stereocenters. The van der Waals surface area contributed by atoms with Gasteiger partial charge in [-0.3, -0.25) is 0 Å². The average molecular weight is 225 g/mol. The number of benzene rings is 1. The number of pyridine rings is 1. The topological polar surface area (TPSA) is 63.9 Å². The quantitative estimate of drug-likeness (QED) is 0.659. The van der Waals surface area contributed by atoms with E-state index in [1.165, 1.54) is 0 Å². The van der Waals surface area contributed by atoms with Gasteiger partial charge < -0.3 is 15.5 Å². The Morgan fingerprint density at radius 3 is 2.71 bits per heavy atom. The summed E-state index contributed by atoms with van der Waals surface area (Å²) in [4.78, 5) is 7.25. The van der Waals surface area contributed by atoms with Crippen molar-refractivity contribution >= 4 is 16.7 Å². The van der Waals surface area contributed by atoms with Gasteiger partial charge in [0.15, 0.2) is 0 Å². The fourth-order valence-electron chi connectivity index (χ4n) is 1.69. The number of nitrogens with one attached hydrogen (secondary N) is 1. The third-order valence-corrected chi connectivity index (χ3v) is 2.53. The van der Waals surface area contributed by atoms with Crippen molar-refractivity contribution in [2.75, 3.05) is 5.73 Å². The van der Waals surface area contributed by atoms with Crippen molar-refractivity contribution in [3.63, 3.8) is 0 Å². The van der Waals surface area contributed by atoms with Crippen molar-refractivity contribution in [3.8, 4) is 11.5 Å². The highest BCUT2D eigenvalue weighted by molar-refractivity contribution is 5.82. The third-order valence-electron chi connectivity index (χ3n) is 2.53. The molecule has 2 heterocycles. The third kappa shape index (κ3) is 1.80. The molecule has 0 radical (unpaired) electrons. The molecule has 1 aromatic carbocycles. The van der Waals surface area contributed by atoms with Gasteiger partial charge in [-0.2, -0.15) is 0 Å². The summed E-state index contributed by atoms with van der Waals surface area (Å²) in [6.07, 6.45) is 3.55. The number of anilines is 1. The van der Waals surface area contributed by atoms with E-state index in [1.54, 1.807) is 6.20 Å². The zero-order valence-corrected chi connectivity index (χ0v) is 9.05. The van der Waals surface area contributed by atoms with E-state index in [2.05, 4.69) is 9.97 Å². The summed E-state index contributed by atoms with van der Waals surface area (Å²) < 4.78 is 5.79. The monoisotopic (exact) mass is 225 g/mol. The maximum Gasteiger partial charge on any atom is 0.140 e. The van der Waals surface area contributed by atoms with Crippen molar-refractivity contribution in [2.24, 2.45) is 0 Å². The highest BCUT2D eigenvalue weighted by atomic mass is 16.5. The average Bonchev–Trinajstić information content (AvgIpc) is 2.81. The van der Waals surface area contributed by atoms with Crippen LogP contribution in [0.3, 0.4) is 0 Å². The minimum atomic E-state index is 0.721. The molecule has 0 aliphatic rings. The number of nitrogen functional groups attached to an aromatic ring is 1. The van der Waals surface area contributed by atoms with Crippen LogP contribution < -0.4 is 10.5 Å². The fourth-order valence-corrected chi connectivity index (χ4v) is 1.69. The summed E-state index contributed by atoms with van der Waals surface area (Å²) in [5, 5.41) is 0.962. The van der Waals surface area contributed by atoms with Gasteiger partial charge in [0.25, 0.3) is 0 Å². The van der Waals surface area contributed by atoms with Gasteiger partial charge in [-0.1, -0.05) is 0 Å². The molecule has 0 bridgehead atoms. The molecule has 0 aliphatic heterocycles. The molecule has 3 N–H and O–H groups in total. The van der Waals surface area contributed by atoms with Crippen LogP contribution in [0.25, 0.3) is 11.0 Å². The van der Waals surface area contributed by atoms with E-state index >= 15 is 0 Å². The lowest BCUT2D eigenvalue weighted by Crippen LogP contribution is -1.87. The number of hydrogen-bond donors (Lipinski definition) is 2. The van der Waals surface area contributed by atoms with E-state index in [9.17, 15) is 0 Å². The van der Waals surface area contributed by atoms with Crippen molar-refractivity contribution in [3.05, 3.63) is 48.8 Å². The molecule has 84 valence electrons. The summed E-state index contributed by atoms with van der Waals surface area (Å²) in [5.74, 6) is 1.54. The molecule has 0 saturated carbocycles. The lowest BCUT2D eigenvalue weighted by atomic mass is 10.3. The Labute approximate surface area is 98.1 Å². The Morgan fingerprint density at radius 2 is 1.88 bits per heavy atom. The first-order valence-corrected chi connectivity index (χ1v) is 5.28. The first-order chi connectivity index (χ1) is 8.33. The lowest BCUT2D eigenvalue weighted by molar-refractivity contribution is 0.488. The van der Waals surface area contributed by atoms with E-state index in [1.807, 2.05) is 42.6 Å². The number of hydrogen-bond acceptors (Lipinski definition) is 3. The second-order valence-electron chi connectivity index (χ2n) is 3.72. The number of rotatable bonds is 2. The molecule has 0 amide bonds. The van der Waals surface area contributed by atoms with Crippen molar-refractivity contribution in [2.45, 2.75) is 0 Å². The zero-order valence-electron chi connectivity index (χ0n) is 9.05. The summed E-state index contributed by atoms with van der Waals surface area (Å²) in [6, 6.07) is 11.1. The van der Waals surface area contributed by atoms with Crippen LogP contribution in [0.2, 0.25) is 0 Å². The van der Waals surface area contributed by atoms with Crippen molar-refractivity contribution in [1.82, 2.24) is 9.97 Å². The number of nitrogens with zero attached hydrogens (tertiary/aromatic N) is 1. The SMILES string of the molecule is Nc1ccc(Oc2ccnc3[nH]ccc23)cc1. The van der Waals surface area contributed by atoms with E-state index in [0.29, 0.717) is 0 Å². The van der Waals surface area contributed by atoms with Crippen molar-refractivity contribution < 1.29 is 4.74 Å². The Hall–Kier alpha value is -2.49. The first kappa shape index (κ1) is 9.72. The predicted octanol–water partition coefficient (Wildman–Crippen LogP) is 2.94. The number of H-pyrrole nitrogens is 1. The van der Waals surface area contributed by atoms with Crippen LogP contribution in [0.1, 0.15) is 0 Å². The van der Waals surface area contributed by atoms with Gasteiger partial charge in [0.05, 0.1) is 5.39 Å². The summed E-state index contributed by atoms with van der Waals surface area (Å²) in [5.41, 5.74) is 7.16. The normalized spacial score (nSPS) is 10.6. The van der Waals surface area contributed by atoms with Gasteiger partial charge in [0.2, 0.25) is 0 Å². The van der Waals surface area contributed by atoms with E-state index in [4.69, 9.17) is 10.5 Å². The molecule has 0 saturated heterocycles. The van der Waals surface area contributed by atoms with Crippen LogP contribution in [0.15, 0.2) is 48.8 Å². The number of aromatic nitrogens is 2. The van der Waals surface area contributed by atoms with Gasteiger partial charge >= 0.3 is 0 Å². The van der Waals surface area contributed by atoms with Crippen molar-refractivity contribution in [1.29, 1.82) is 0 Å². The molecule has 3 rings (SSSR count). The molecule has 0 fully saturated rings. The Balaban J connectivity index is 1.99. The van der Waals surface area contributed by atoms with Gasteiger partial charge in [-0.05, 0) is 36.4 Å². The van der Waals surface area contributed by atoms with Gasteiger partial charge in [0, 0.05) is 18.1 Å². The molecule has 4 nitrogen and oxygen atoms in total. The van der Waals surface area contributed by atoms with Gasteiger partial charge in [-0.25, -0.2) is 4.98 Å². The lowest BCUT2D eigenvalue weighted by Gasteiger charge is -2.06. The molecular weight excluding hydrogens is 214 g/mol. The maximum atomic E-state index is 5.79. The highest BCUT2D eigenvalue weighted by Gasteiger charge is 2.04. The van der Waals surface area contributed by atoms with Gasteiger partial charge in [-0.15, -0.1) is 0 Å². The molecule has 0 unspecified atom stereocenters. The molecular formula is C13H11N3O. The maximum absolute atomic E-state index is 5.79. The molecule has 3 aromatic rings. The standard InChI is InChI=1S/C13H11N3O/c14-9-1-3-10(4-2-9)17-12-6-8-16-13-11(12)5-7-15-13/h1-8H,14H2,(H,15,16). The second kappa shape index (κ2) is 3.83. The van der Waals surface area contributed by atoms with E-state index in [0.717, 1.165) is 28.2 Å². The second-order valence-corrected chi connectivity index (χ2v) is 3.72. The Kier molecular flexibility index (Phi) is 2.19. The molecule has 17 heavy (non-hydrogen) atoms. The van der Waals surface area contributed by atoms with Crippen LogP contribution in [0, 0.1) is 0 Å². The molecule has 0 aliphatic carbocycles. The molecule has 2 aromatic heterocycles. The zero-order chi connectivity index (χ0) is 11.7. The van der Waals surface area contributed by atoms with Gasteiger partial charge in [0.1, 0.15) is 17.1 Å². The van der Waals surface area contributed by atoms with Crippen LogP contribution in [0.4, 0.5) is 5.69 Å². The number of aromatic amines is 1. The molecule has 4 heteroatoms. The van der Waals surface area contributed by atoms with E-state index in [-0.39, 0.29) is 0 Å². The summed E-state index contributed by atoms with van der Waals surface area (Å²) >= 11 is 0. The summed E-state index contributed by atoms with van der Waals surface area (Å²) in [7, 11) is 0. The predicted molar refractivity (Wildman–Crippen MR) is 67.0 cm³/mol. The smallest absolute Gasteiger partial charge is 0.140 e. The minimum Gasteiger partial charge on any atom is -0.457 e. The largest absolute Gasteiger partial charge is 0.457 e. The fraction of sp³-hybridized carbons (Fsp3) is 0. The highest BCUT2D eigenvalue weighted by Crippen LogP contribution is 2.28. The number of nitrogens with two attached hydrogens (primary N) is 1. The molecule has 0 spiro atoms. The first-order valence-electron chi connectivity index (χ1n) is 5.28. The van der Waals surface area contributed by atoms with Crippen LogP contribution in [0.5, 0.6) is 11.5 Å². The van der Waals surface area contributed by atoms with Crippen LogP contribution in [-0.2, 0) is 0 Å². The van der Waals surface area contributed by atoms with E-state index < -0.39 is 0 Å². The number of fused-ring (bicyclic) bond motifs is 1. The van der Waals surface area contributed by atoms with Crippen LogP contribution in [-0.4, -0.2) is 9.97 Å². The summed E-state index contributed by atoms with van der Waals surface area (Å²) in [6.45, 7) is 0. The number of ether oxygens (including phenoxy) is 1. The Morgan fingerprint density at radius 1 is 1.06 bits per heavy atom.